The first-order valence-electron chi connectivity index (χ1n) is 5.51. The van der Waals surface area contributed by atoms with Crippen LogP contribution in [0, 0.1) is 0 Å². The lowest BCUT2D eigenvalue weighted by Crippen LogP contribution is -2.22. The van der Waals surface area contributed by atoms with Crippen LogP contribution < -0.4 is 5.32 Å². The van der Waals surface area contributed by atoms with Gasteiger partial charge in [-0.1, -0.05) is 19.3 Å². The molecule has 0 radical (unpaired) electrons. The lowest BCUT2D eigenvalue weighted by molar-refractivity contribution is 0.461. The summed E-state index contributed by atoms with van der Waals surface area (Å²) in [6.45, 7) is 0. The summed E-state index contributed by atoms with van der Waals surface area (Å²) in [6.07, 6.45) is 10.3. The van der Waals surface area contributed by atoms with Crippen molar-refractivity contribution >= 4 is 17.6 Å². The first-order chi connectivity index (χ1) is 7.38. The van der Waals surface area contributed by atoms with Crippen molar-refractivity contribution in [1.29, 1.82) is 0 Å². The number of nitrogens with one attached hydrogen (secondary N) is 1. The van der Waals surface area contributed by atoms with Crippen molar-refractivity contribution < 1.29 is 0 Å². The van der Waals surface area contributed by atoms with Crippen molar-refractivity contribution in [1.82, 2.24) is 9.97 Å². The first-order valence-corrected chi connectivity index (χ1v) is 6.73. The molecule has 1 N–H and O–H groups in total. The molecule has 0 aliphatic heterocycles. The molecule has 1 aliphatic rings. The SMILES string of the molecule is CSc1cc(NC2CCCCC2)ncn1. The Kier molecular flexibility index (Phi) is 3.83. The predicted octanol–water partition coefficient (Wildman–Crippen LogP) is 2.94. The van der Waals surface area contributed by atoms with E-state index in [0.717, 1.165) is 10.8 Å². The van der Waals surface area contributed by atoms with E-state index in [9.17, 15) is 0 Å². The fraction of sp³-hybridized carbons (Fsp3) is 0.636. The molecule has 1 saturated carbocycles. The minimum Gasteiger partial charge on any atom is -0.367 e. The highest BCUT2D eigenvalue weighted by molar-refractivity contribution is 7.98. The van der Waals surface area contributed by atoms with E-state index < -0.39 is 0 Å². The Hall–Kier alpha value is -0.770. The van der Waals surface area contributed by atoms with Crippen LogP contribution in [-0.4, -0.2) is 22.3 Å². The van der Waals surface area contributed by atoms with Gasteiger partial charge in [-0.3, -0.25) is 0 Å². The van der Waals surface area contributed by atoms with Crippen LogP contribution in [0.1, 0.15) is 32.1 Å². The minimum atomic E-state index is 0.614. The Morgan fingerprint density at radius 1 is 1.27 bits per heavy atom. The quantitative estimate of drug-likeness (QED) is 0.631. The molecule has 82 valence electrons. The summed E-state index contributed by atoms with van der Waals surface area (Å²) in [5, 5.41) is 4.52. The van der Waals surface area contributed by atoms with Crippen molar-refractivity contribution in [3.63, 3.8) is 0 Å². The van der Waals surface area contributed by atoms with Gasteiger partial charge in [0.25, 0.3) is 0 Å². The van der Waals surface area contributed by atoms with Crippen LogP contribution in [-0.2, 0) is 0 Å². The molecule has 0 spiro atoms. The molecule has 2 rings (SSSR count). The van der Waals surface area contributed by atoms with E-state index in [2.05, 4.69) is 15.3 Å². The molecule has 1 heterocycles. The maximum absolute atomic E-state index is 4.25. The standard InChI is InChI=1S/C11H17N3S/c1-15-11-7-10(12-8-13-11)14-9-5-3-2-4-6-9/h7-9H,2-6H2,1H3,(H,12,13,14). The fourth-order valence-corrected chi connectivity index (χ4v) is 2.37. The molecule has 1 fully saturated rings. The van der Waals surface area contributed by atoms with Crippen molar-refractivity contribution in [2.24, 2.45) is 0 Å². The number of hydrogen-bond donors (Lipinski definition) is 1. The van der Waals surface area contributed by atoms with E-state index >= 15 is 0 Å². The van der Waals surface area contributed by atoms with E-state index in [0.29, 0.717) is 6.04 Å². The number of rotatable bonds is 3. The van der Waals surface area contributed by atoms with Crippen molar-refractivity contribution in [2.75, 3.05) is 11.6 Å². The van der Waals surface area contributed by atoms with E-state index in [1.165, 1.54) is 32.1 Å². The van der Waals surface area contributed by atoms with Crippen LogP contribution >= 0.6 is 11.8 Å². The number of aromatic nitrogens is 2. The third kappa shape index (κ3) is 3.09. The third-order valence-electron chi connectivity index (χ3n) is 2.81. The summed E-state index contributed by atoms with van der Waals surface area (Å²) in [5.74, 6) is 0.973. The Morgan fingerprint density at radius 2 is 2.07 bits per heavy atom. The van der Waals surface area contributed by atoms with Gasteiger partial charge in [-0.15, -0.1) is 11.8 Å². The summed E-state index contributed by atoms with van der Waals surface area (Å²) in [6, 6.07) is 2.64. The zero-order valence-electron chi connectivity index (χ0n) is 9.07. The summed E-state index contributed by atoms with van der Waals surface area (Å²) in [7, 11) is 0. The van der Waals surface area contributed by atoms with Gasteiger partial charge in [0, 0.05) is 12.1 Å². The van der Waals surface area contributed by atoms with Crippen molar-refractivity contribution in [3.8, 4) is 0 Å². The molecule has 3 nitrogen and oxygen atoms in total. The summed E-state index contributed by atoms with van der Waals surface area (Å²) >= 11 is 1.65. The zero-order chi connectivity index (χ0) is 10.5. The summed E-state index contributed by atoms with van der Waals surface area (Å²) in [5.41, 5.74) is 0. The van der Waals surface area contributed by atoms with E-state index in [-0.39, 0.29) is 0 Å². The molecule has 4 heteroatoms. The Labute approximate surface area is 95.1 Å². The number of nitrogens with zero attached hydrogens (tertiary/aromatic N) is 2. The number of thioether (sulfide) groups is 1. The van der Waals surface area contributed by atoms with Crippen LogP contribution in [0.5, 0.6) is 0 Å². The first kappa shape index (κ1) is 10.7. The highest BCUT2D eigenvalue weighted by atomic mass is 32.2. The molecule has 1 aromatic heterocycles. The maximum atomic E-state index is 4.25. The largest absolute Gasteiger partial charge is 0.367 e. The van der Waals surface area contributed by atoms with Gasteiger partial charge < -0.3 is 5.32 Å². The average molecular weight is 223 g/mol. The summed E-state index contributed by atoms with van der Waals surface area (Å²) < 4.78 is 0. The van der Waals surface area contributed by atoms with Crippen LogP contribution in [0.15, 0.2) is 17.4 Å². The van der Waals surface area contributed by atoms with Crippen LogP contribution in [0.3, 0.4) is 0 Å². The maximum Gasteiger partial charge on any atom is 0.130 e. The zero-order valence-corrected chi connectivity index (χ0v) is 9.89. The monoisotopic (exact) mass is 223 g/mol. The van der Waals surface area contributed by atoms with E-state index in [1.807, 2.05) is 12.3 Å². The molecule has 15 heavy (non-hydrogen) atoms. The fourth-order valence-electron chi connectivity index (χ4n) is 1.99. The number of hydrogen-bond acceptors (Lipinski definition) is 4. The van der Waals surface area contributed by atoms with Gasteiger partial charge in [0.05, 0.1) is 0 Å². The Balaban J connectivity index is 1.96. The molecule has 1 aromatic rings. The van der Waals surface area contributed by atoms with Gasteiger partial charge in [0.1, 0.15) is 17.2 Å². The Bertz CT molecular complexity index is 310. The third-order valence-corrected chi connectivity index (χ3v) is 3.45. The molecule has 0 atom stereocenters. The Morgan fingerprint density at radius 3 is 2.80 bits per heavy atom. The molecule has 0 bridgehead atoms. The number of anilines is 1. The van der Waals surface area contributed by atoms with Gasteiger partial charge in [-0.2, -0.15) is 0 Å². The molecular weight excluding hydrogens is 206 g/mol. The van der Waals surface area contributed by atoms with Gasteiger partial charge in [-0.05, 0) is 19.1 Å². The highest BCUT2D eigenvalue weighted by Gasteiger charge is 2.13. The van der Waals surface area contributed by atoms with Crippen molar-refractivity contribution in [2.45, 2.75) is 43.2 Å². The van der Waals surface area contributed by atoms with Gasteiger partial charge in [0.2, 0.25) is 0 Å². The molecule has 0 saturated heterocycles. The normalized spacial score (nSPS) is 17.7. The lowest BCUT2D eigenvalue weighted by atomic mass is 9.95. The van der Waals surface area contributed by atoms with Crippen LogP contribution in [0.4, 0.5) is 5.82 Å². The second-order valence-corrected chi connectivity index (χ2v) is 4.75. The second-order valence-electron chi connectivity index (χ2n) is 3.92. The smallest absolute Gasteiger partial charge is 0.130 e. The van der Waals surface area contributed by atoms with E-state index in [4.69, 9.17) is 0 Å². The average Bonchev–Trinajstić information content (AvgIpc) is 2.31. The van der Waals surface area contributed by atoms with Crippen LogP contribution in [0.25, 0.3) is 0 Å². The molecule has 0 unspecified atom stereocenters. The second kappa shape index (κ2) is 5.35. The molecular formula is C11H17N3S. The molecule has 1 aliphatic carbocycles. The molecule has 0 aromatic carbocycles. The molecule has 0 amide bonds. The highest BCUT2D eigenvalue weighted by Crippen LogP contribution is 2.21. The topological polar surface area (TPSA) is 37.8 Å². The minimum absolute atomic E-state index is 0.614. The van der Waals surface area contributed by atoms with Gasteiger partial charge >= 0.3 is 0 Å². The lowest BCUT2D eigenvalue weighted by Gasteiger charge is -2.23. The predicted molar refractivity (Wildman–Crippen MR) is 64.3 cm³/mol. The van der Waals surface area contributed by atoms with Crippen LogP contribution in [0.2, 0.25) is 0 Å². The van der Waals surface area contributed by atoms with E-state index in [1.54, 1.807) is 18.1 Å². The van der Waals surface area contributed by atoms with Gasteiger partial charge in [-0.25, -0.2) is 9.97 Å². The summed E-state index contributed by atoms with van der Waals surface area (Å²) in [4.78, 5) is 8.41. The van der Waals surface area contributed by atoms with Gasteiger partial charge in [0.15, 0.2) is 0 Å². The van der Waals surface area contributed by atoms with Crippen molar-refractivity contribution in [3.05, 3.63) is 12.4 Å².